The van der Waals surface area contributed by atoms with E-state index in [2.05, 4.69) is 97.0 Å². The van der Waals surface area contributed by atoms with Gasteiger partial charge in [0.15, 0.2) is 5.96 Å². The van der Waals surface area contributed by atoms with E-state index in [0.29, 0.717) is 6.54 Å². The molecule has 0 saturated carbocycles. The second-order valence-corrected chi connectivity index (χ2v) is 6.59. The maximum Gasteiger partial charge on any atom is 0.191 e. The van der Waals surface area contributed by atoms with E-state index >= 15 is 0 Å². The molecule has 0 radical (unpaired) electrons. The zero-order valence-electron chi connectivity index (χ0n) is 15.8. The van der Waals surface area contributed by atoms with Crippen LogP contribution in [-0.4, -0.2) is 31.5 Å². The van der Waals surface area contributed by atoms with Crippen molar-refractivity contribution in [3.63, 3.8) is 0 Å². The Kier molecular flexibility index (Phi) is 7.48. The molecule has 2 aromatic rings. The van der Waals surface area contributed by atoms with E-state index in [1.54, 1.807) is 0 Å². The standard InChI is InChI=1S/C21H30N4/c1-5-22-21(24-15-20-8-6-7-17(2)13-20)23-14-18-9-11-19(12-10-18)16-25(3)4/h6-13H,5,14-16H2,1-4H3,(H2,22,23,24). The Morgan fingerprint density at radius 1 is 0.960 bits per heavy atom. The Balaban J connectivity index is 1.93. The lowest BCUT2D eigenvalue weighted by atomic mass is 10.1. The van der Waals surface area contributed by atoms with Crippen molar-refractivity contribution in [2.24, 2.45) is 4.99 Å². The topological polar surface area (TPSA) is 39.7 Å². The van der Waals surface area contributed by atoms with E-state index in [4.69, 9.17) is 0 Å². The van der Waals surface area contributed by atoms with Crippen molar-refractivity contribution in [2.75, 3.05) is 20.6 Å². The molecule has 0 aliphatic heterocycles. The monoisotopic (exact) mass is 338 g/mol. The Morgan fingerprint density at radius 3 is 2.32 bits per heavy atom. The highest BCUT2D eigenvalue weighted by Gasteiger charge is 2.00. The van der Waals surface area contributed by atoms with Crippen molar-refractivity contribution >= 4 is 5.96 Å². The van der Waals surface area contributed by atoms with Gasteiger partial charge in [-0.15, -0.1) is 0 Å². The Morgan fingerprint density at radius 2 is 1.68 bits per heavy atom. The molecular weight excluding hydrogens is 308 g/mol. The number of nitrogens with zero attached hydrogens (tertiary/aromatic N) is 2. The van der Waals surface area contributed by atoms with E-state index in [-0.39, 0.29) is 0 Å². The first-order valence-electron chi connectivity index (χ1n) is 8.87. The quantitative estimate of drug-likeness (QED) is 0.601. The van der Waals surface area contributed by atoms with Gasteiger partial charge in [0.25, 0.3) is 0 Å². The van der Waals surface area contributed by atoms with Gasteiger partial charge >= 0.3 is 0 Å². The van der Waals surface area contributed by atoms with Gasteiger partial charge in [0.2, 0.25) is 0 Å². The molecule has 0 bridgehead atoms. The minimum atomic E-state index is 0.679. The van der Waals surface area contributed by atoms with Gasteiger partial charge in [-0.2, -0.15) is 0 Å². The molecule has 0 amide bonds. The summed E-state index contributed by atoms with van der Waals surface area (Å²) < 4.78 is 0. The normalized spacial score (nSPS) is 11.6. The molecule has 0 saturated heterocycles. The van der Waals surface area contributed by atoms with Crippen LogP contribution in [-0.2, 0) is 19.6 Å². The van der Waals surface area contributed by atoms with Crippen LogP contribution < -0.4 is 10.6 Å². The highest BCUT2D eigenvalue weighted by molar-refractivity contribution is 5.79. The fourth-order valence-electron chi connectivity index (χ4n) is 2.64. The van der Waals surface area contributed by atoms with Crippen LogP contribution in [0.5, 0.6) is 0 Å². The lowest BCUT2D eigenvalue weighted by Gasteiger charge is -2.13. The smallest absolute Gasteiger partial charge is 0.191 e. The van der Waals surface area contributed by atoms with Gasteiger partial charge in [0.05, 0.1) is 6.54 Å². The summed E-state index contributed by atoms with van der Waals surface area (Å²) in [7, 11) is 4.17. The Labute approximate surface area is 152 Å². The van der Waals surface area contributed by atoms with Crippen LogP contribution >= 0.6 is 0 Å². The van der Waals surface area contributed by atoms with E-state index < -0.39 is 0 Å². The summed E-state index contributed by atoms with van der Waals surface area (Å²) in [4.78, 5) is 6.86. The largest absolute Gasteiger partial charge is 0.357 e. The SMILES string of the molecule is CCNC(=NCc1cccc(C)c1)NCc1ccc(CN(C)C)cc1. The zero-order chi connectivity index (χ0) is 18.1. The molecule has 0 atom stereocenters. The number of hydrogen-bond acceptors (Lipinski definition) is 2. The van der Waals surface area contributed by atoms with Crippen molar-refractivity contribution in [1.29, 1.82) is 0 Å². The first-order valence-corrected chi connectivity index (χ1v) is 8.87. The lowest BCUT2D eigenvalue weighted by Crippen LogP contribution is -2.36. The number of guanidine groups is 1. The molecule has 0 aromatic heterocycles. The van der Waals surface area contributed by atoms with Crippen LogP contribution in [0.1, 0.15) is 29.2 Å². The number of rotatable bonds is 7. The third-order valence-corrected chi connectivity index (χ3v) is 3.83. The van der Waals surface area contributed by atoms with Gasteiger partial charge in [-0.05, 0) is 44.6 Å². The summed E-state index contributed by atoms with van der Waals surface area (Å²) >= 11 is 0. The second kappa shape index (κ2) is 9.84. The average molecular weight is 338 g/mol. The summed E-state index contributed by atoms with van der Waals surface area (Å²) in [6.07, 6.45) is 0. The Bertz CT molecular complexity index is 675. The van der Waals surface area contributed by atoms with Gasteiger partial charge in [-0.1, -0.05) is 54.1 Å². The Hall–Kier alpha value is -2.33. The number of hydrogen-bond donors (Lipinski definition) is 2. The minimum absolute atomic E-state index is 0.679. The van der Waals surface area contributed by atoms with Crippen LogP contribution in [0.4, 0.5) is 0 Å². The second-order valence-electron chi connectivity index (χ2n) is 6.59. The van der Waals surface area contributed by atoms with Gasteiger partial charge in [0.1, 0.15) is 0 Å². The van der Waals surface area contributed by atoms with Crippen molar-refractivity contribution < 1.29 is 0 Å². The summed E-state index contributed by atoms with van der Waals surface area (Å²) in [5, 5.41) is 6.72. The van der Waals surface area contributed by atoms with E-state index in [1.165, 1.54) is 22.3 Å². The molecule has 2 aromatic carbocycles. The van der Waals surface area contributed by atoms with Crippen molar-refractivity contribution in [3.05, 3.63) is 70.8 Å². The molecule has 2 N–H and O–H groups in total. The molecule has 25 heavy (non-hydrogen) atoms. The summed E-state index contributed by atoms with van der Waals surface area (Å²) in [5.41, 5.74) is 5.08. The van der Waals surface area contributed by atoms with Crippen LogP contribution in [0.3, 0.4) is 0 Å². The highest BCUT2D eigenvalue weighted by atomic mass is 15.2. The van der Waals surface area contributed by atoms with E-state index in [1.807, 2.05) is 0 Å². The summed E-state index contributed by atoms with van der Waals surface area (Å²) in [6.45, 7) is 7.45. The molecule has 0 aliphatic rings. The van der Waals surface area contributed by atoms with Gasteiger partial charge in [-0.25, -0.2) is 4.99 Å². The highest BCUT2D eigenvalue weighted by Crippen LogP contribution is 2.07. The third kappa shape index (κ3) is 6.98. The van der Waals surface area contributed by atoms with Crippen LogP contribution in [0.15, 0.2) is 53.5 Å². The fourth-order valence-corrected chi connectivity index (χ4v) is 2.64. The van der Waals surface area contributed by atoms with Crippen LogP contribution in [0.25, 0.3) is 0 Å². The first kappa shape index (κ1) is 19.0. The summed E-state index contributed by atoms with van der Waals surface area (Å²) in [5.74, 6) is 0.848. The molecule has 2 rings (SSSR count). The van der Waals surface area contributed by atoms with Gasteiger partial charge in [-0.3, -0.25) is 0 Å². The zero-order valence-corrected chi connectivity index (χ0v) is 15.8. The van der Waals surface area contributed by atoms with Crippen molar-refractivity contribution in [3.8, 4) is 0 Å². The minimum Gasteiger partial charge on any atom is -0.357 e. The van der Waals surface area contributed by atoms with Crippen molar-refractivity contribution in [2.45, 2.75) is 33.5 Å². The maximum atomic E-state index is 4.68. The van der Waals surface area contributed by atoms with Crippen LogP contribution in [0.2, 0.25) is 0 Å². The molecule has 0 unspecified atom stereocenters. The molecule has 0 fully saturated rings. The van der Waals surface area contributed by atoms with E-state index in [0.717, 1.165) is 25.6 Å². The molecule has 4 nitrogen and oxygen atoms in total. The summed E-state index contributed by atoms with van der Waals surface area (Å²) in [6, 6.07) is 17.2. The molecule has 0 aliphatic carbocycles. The lowest BCUT2D eigenvalue weighted by molar-refractivity contribution is 0.402. The predicted octanol–water partition coefficient (Wildman–Crippen LogP) is 3.31. The molecular formula is C21H30N4. The predicted molar refractivity (Wildman–Crippen MR) is 107 cm³/mol. The number of aryl methyl sites for hydroxylation is 1. The third-order valence-electron chi connectivity index (χ3n) is 3.83. The molecule has 134 valence electrons. The van der Waals surface area contributed by atoms with Gasteiger partial charge < -0.3 is 15.5 Å². The first-order chi connectivity index (χ1) is 12.1. The maximum absolute atomic E-state index is 4.68. The number of benzene rings is 2. The van der Waals surface area contributed by atoms with Gasteiger partial charge in [0, 0.05) is 19.6 Å². The molecule has 0 spiro atoms. The average Bonchev–Trinajstić information content (AvgIpc) is 2.58. The number of aliphatic imine (C=N–C) groups is 1. The molecule has 0 heterocycles. The number of nitrogens with one attached hydrogen (secondary N) is 2. The molecule has 4 heteroatoms. The van der Waals surface area contributed by atoms with Crippen LogP contribution in [0, 0.1) is 6.92 Å². The van der Waals surface area contributed by atoms with E-state index in [9.17, 15) is 0 Å². The fraction of sp³-hybridized carbons (Fsp3) is 0.381. The van der Waals surface area contributed by atoms with Crippen molar-refractivity contribution in [1.82, 2.24) is 15.5 Å².